The van der Waals surface area contributed by atoms with E-state index in [0.29, 0.717) is 16.5 Å². The van der Waals surface area contributed by atoms with Gasteiger partial charge in [0.05, 0.1) is 11.4 Å². The first-order valence-electron chi connectivity index (χ1n) is 8.82. The van der Waals surface area contributed by atoms with Gasteiger partial charge in [-0.1, -0.05) is 23.5 Å². The maximum atomic E-state index is 13.1. The van der Waals surface area contributed by atoms with Gasteiger partial charge in [0.15, 0.2) is 10.8 Å². The van der Waals surface area contributed by atoms with Gasteiger partial charge >= 0.3 is 0 Å². The number of benzene rings is 1. The van der Waals surface area contributed by atoms with E-state index in [9.17, 15) is 8.78 Å². The predicted octanol–water partition coefficient (Wildman–Crippen LogP) is 3.77. The zero-order chi connectivity index (χ0) is 19.2. The molecule has 3 heterocycles. The number of alkyl halides is 2. The summed E-state index contributed by atoms with van der Waals surface area (Å²) < 4.78 is 30.7. The third-order valence-electron chi connectivity index (χ3n) is 4.13. The molecule has 146 valence electrons. The third kappa shape index (κ3) is 4.60. The van der Waals surface area contributed by atoms with Gasteiger partial charge in [-0.3, -0.25) is 0 Å². The highest BCUT2D eigenvalue weighted by molar-refractivity contribution is 7.16. The molecule has 0 bridgehead atoms. The summed E-state index contributed by atoms with van der Waals surface area (Å²) in [7, 11) is 1.68. The average Bonchev–Trinajstić information content (AvgIpc) is 3.05. The molecule has 4 rings (SSSR count). The van der Waals surface area contributed by atoms with Gasteiger partial charge in [0.1, 0.15) is 10.7 Å². The van der Waals surface area contributed by atoms with Crippen LogP contribution in [0.5, 0.6) is 0 Å². The van der Waals surface area contributed by atoms with Gasteiger partial charge < -0.3 is 20.3 Å². The molecule has 0 saturated carbocycles. The number of halogens is 2. The second-order valence-electron chi connectivity index (χ2n) is 5.92. The number of aliphatic imine (C=N–C) groups is 1. The lowest BCUT2D eigenvalue weighted by Crippen LogP contribution is -2.46. The number of thiazole rings is 1. The third-order valence-corrected chi connectivity index (χ3v) is 5.10. The van der Waals surface area contributed by atoms with E-state index in [1.54, 1.807) is 7.11 Å². The fraction of sp³-hybridized carbons (Fsp3) is 0.444. The van der Waals surface area contributed by atoms with E-state index in [-0.39, 0.29) is 5.01 Å². The molecule has 2 N–H and O–H groups in total. The molecule has 0 unspecified atom stereocenters. The van der Waals surface area contributed by atoms with Crippen molar-refractivity contribution >= 4 is 33.5 Å². The molecular weight excluding hydrogens is 372 g/mol. The molecule has 0 spiro atoms. The van der Waals surface area contributed by atoms with Gasteiger partial charge in [-0.05, 0) is 19.1 Å². The van der Waals surface area contributed by atoms with Crippen molar-refractivity contribution < 1.29 is 13.5 Å². The molecule has 2 aliphatic heterocycles. The van der Waals surface area contributed by atoms with E-state index >= 15 is 0 Å². The normalized spacial score (nSPS) is 15.7. The van der Waals surface area contributed by atoms with Gasteiger partial charge in [0, 0.05) is 39.9 Å². The molecule has 2 aromatic rings. The van der Waals surface area contributed by atoms with Gasteiger partial charge in [-0.25, -0.2) is 18.8 Å². The minimum Gasteiger partial charge on any atom is -0.385 e. The summed E-state index contributed by atoms with van der Waals surface area (Å²) in [5.41, 5.74) is 2.12. The average molecular weight is 395 g/mol. The van der Waals surface area contributed by atoms with Crippen LogP contribution in [0.25, 0.3) is 0 Å². The largest absolute Gasteiger partial charge is 0.385 e. The van der Waals surface area contributed by atoms with E-state index in [1.807, 2.05) is 31.2 Å². The highest BCUT2D eigenvalue weighted by atomic mass is 32.1. The molecule has 6 nitrogen and oxygen atoms in total. The SMILES string of the molecule is CCOC.FC(F)c1nc2c(s1)Nc1ccccc1N=C2N1CCNCC1. The highest BCUT2D eigenvalue weighted by Gasteiger charge is 2.28. The summed E-state index contributed by atoms with van der Waals surface area (Å²) in [4.78, 5) is 11.0. The molecule has 0 atom stereocenters. The Morgan fingerprint density at radius 3 is 2.63 bits per heavy atom. The standard InChI is InChI=1S/C15H15F2N5S.C3H8O/c16-12(17)15-21-11-13(22-7-5-18-6-8-22)19-9-3-1-2-4-10(9)20-14(11)23-15;1-3-4-2/h1-4,12,18,20H,5-8H2;3H2,1-2H3. The molecule has 27 heavy (non-hydrogen) atoms. The number of piperazine rings is 1. The zero-order valence-corrected chi connectivity index (χ0v) is 16.2. The quantitative estimate of drug-likeness (QED) is 0.811. The van der Waals surface area contributed by atoms with Crippen LogP contribution in [-0.4, -0.2) is 55.6 Å². The molecule has 0 aliphatic carbocycles. The second kappa shape index (κ2) is 9.20. The lowest BCUT2D eigenvalue weighted by Gasteiger charge is -2.29. The number of para-hydroxylation sites is 2. The Morgan fingerprint density at radius 2 is 1.96 bits per heavy atom. The van der Waals surface area contributed by atoms with Crippen LogP contribution >= 0.6 is 11.3 Å². The van der Waals surface area contributed by atoms with E-state index in [0.717, 1.165) is 55.5 Å². The number of hydrogen-bond donors (Lipinski definition) is 2. The first-order valence-corrected chi connectivity index (χ1v) is 9.64. The monoisotopic (exact) mass is 395 g/mol. The Kier molecular flexibility index (Phi) is 6.70. The second-order valence-corrected chi connectivity index (χ2v) is 6.95. The number of amidine groups is 1. The number of methoxy groups -OCH3 is 1. The highest BCUT2D eigenvalue weighted by Crippen LogP contribution is 2.39. The van der Waals surface area contributed by atoms with Crippen molar-refractivity contribution in [2.75, 3.05) is 45.2 Å². The Balaban J connectivity index is 0.000000481. The molecule has 0 amide bonds. The van der Waals surface area contributed by atoms with Crippen molar-refractivity contribution in [3.05, 3.63) is 35.0 Å². The Morgan fingerprint density at radius 1 is 1.26 bits per heavy atom. The number of anilines is 2. The smallest absolute Gasteiger partial charge is 0.289 e. The van der Waals surface area contributed by atoms with E-state index in [1.165, 1.54) is 0 Å². The zero-order valence-electron chi connectivity index (χ0n) is 15.3. The lowest BCUT2D eigenvalue weighted by molar-refractivity contribution is 0.151. The van der Waals surface area contributed by atoms with Crippen molar-refractivity contribution in [2.24, 2.45) is 4.99 Å². The molecular formula is C18H23F2N5OS. The summed E-state index contributed by atoms with van der Waals surface area (Å²) in [5, 5.41) is 6.95. The van der Waals surface area contributed by atoms with Crippen molar-refractivity contribution in [3.63, 3.8) is 0 Å². The van der Waals surface area contributed by atoms with Crippen LogP contribution in [0.3, 0.4) is 0 Å². The molecule has 9 heteroatoms. The summed E-state index contributed by atoms with van der Waals surface area (Å²) in [6.07, 6.45) is -2.58. The maximum Gasteiger partial charge on any atom is 0.289 e. The van der Waals surface area contributed by atoms with E-state index in [4.69, 9.17) is 4.99 Å². The van der Waals surface area contributed by atoms with Crippen LogP contribution in [-0.2, 0) is 4.74 Å². The first kappa shape index (κ1) is 19.7. The van der Waals surface area contributed by atoms with Gasteiger partial charge in [-0.2, -0.15) is 0 Å². The molecule has 1 aromatic heterocycles. The van der Waals surface area contributed by atoms with Gasteiger partial charge in [0.2, 0.25) is 0 Å². The molecule has 2 aliphatic rings. The number of nitrogens with zero attached hydrogens (tertiary/aromatic N) is 3. The van der Waals surface area contributed by atoms with Crippen LogP contribution < -0.4 is 10.6 Å². The van der Waals surface area contributed by atoms with Crippen LogP contribution in [0.1, 0.15) is 24.1 Å². The first-order chi connectivity index (χ1) is 13.1. The number of fused-ring (bicyclic) bond motifs is 2. The number of hydrogen-bond acceptors (Lipinski definition) is 7. The van der Waals surface area contributed by atoms with E-state index in [2.05, 4.69) is 25.3 Å². The molecule has 1 aromatic carbocycles. The number of nitrogens with one attached hydrogen (secondary N) is 2. The summed E-state index contributed by atoms with van der Waals surface area (Å²) in [6, 6.07) is 7.61. The fourth-order valence-corrected chi connectivity index (χ4v) is 3.56. The van der Waals surface area contributed by atoms with Crippen LogP contribution in [0, 0.1) is 0 Å². The minimum atomic E-state index is -2.58. The summed E-state index contributed by atoms with van der Waals surface area (Å²) in [6.45, 7) is 6.02. The Labute approximate surface area is 161 Å². The van der Waals surface area contributed by atoms with Gasteiger partial charge in [0.25, 0.3) is 6.43 Å². The summed E-state index contributed by atoms with van der Waals surface area (Å²) >= 11 is 0.993. The van der Waals surface area contributed by atoms with E-state index < -0.39 is 6.43 Å². The number of aromatic nitrogens is 1. The molecule has 0 radical (unpaired) electrons. The predicted molar refractivity (Wildman–Crippen MR) is 105 cm³/mol. The Bertz CT molecular complexity index is 788. The summed E-state index contributed by atoms with van der Waals surface area (Å²) in [5.74, 6) is 0.669. The fourth-order valence-electron chi connectivity index (χ4n) is 2.73. The van der Waals surface area contributed by atoms with Crippen molar-refractivity contribution in [1.29, 1.82) is 0 Å². The van der Waals surface area contributed by atoms with Gasteiger partial charge in [-0.15, -0.1) is 0 Å². The molecule has 1 fully saturated rings. The van der Waals surface area contributed by atoms with Crippen LogP contribution in [0.15, 0.2) is 29.3 Å². The van der Waals surface area contributed by atoms with Crippen molar-refractivity contribution in [3.8, 4) is 0 Å². The van der Waals surface area contributed by atoms with Crippen molar-refractivity contribution in [2.45, 2.75) is 13.3 Å². The maximum absolute atomic E-state index is 13.1. The minimum absolute atomic E-state index is 0.176. The molecule has 1 saturated heterocycles. The number of rotatable bonds is 2. The van der Waals surface area contributed by atoms with Crippen molar-refractivity contribution in [1.82, 2.24) is 15.2 Å². The number of ether oxygens (including phenoxy) is 1. The van der Waals surface area contributed by atoms with Crippen LogP contribution in [0.2, 0.25) is 0 Å². The van der Waals surface area contributed by atoms with Crippen LogP contribution in [0.4, 0.5) is 25.2 Å². The Hall–Kier alpha value is -2.10. The topological polar surface area (TPSA) is 61.8 Å². The lowest BCUT2D eigenvalue weighted by atomic mass is 10.3.